The standard InChI is InChI=1S/C24H44N2O6Si2/c1-12-14-24(16-27)19(32-34(10,11)23(5,6)7)18(31-33(8,9)22(2,3)4)20(30-24)26-15-13-17(28)25-21(26)29/h12-13,15,18-20,27H,1,14,16H2,2-11H3,(H,25,28,29)/t18-,19+,20-,24-/m1/s1. The Kier molecular flexibility index (Phi) is 8.19. The Bertz CT molecular complexity index is 989. The molecule has 0 aromatic carbocycles. The van der Waals surface area contributed by atoms with Gasteiger partial charge in [-0.3, -0.25) is 14.3 Å². The minimum absolute atomic E-state index is 0.100. The van der Waals surface area contributed by atoms with E-state index in [2.05, 4.69) is 79.3 Å². The Morgan fingerprint density at radius 2 is 1.65 bits per heavy atom. The number of H-pyrrole nitrogens is 1. The number of nitrogens with zero attached hydrogens (tertiary/aromatic N) is 1. The van der Waals surface area contributed by atoms with Crippen LogP contribution in [0.25, 0.3) is 0 Å². The summed E-state index contributed by atoms with van der Waals surface area (Å²) in [4.78, 5) is 26.9. The predicted octanol–water partition coefficient (Wildman–Crippen LogP) is 4.15. The zero-order valence-corrected chi connectivity index (χ0v) is 24.5. The first kappa shape index (κ1) is 28.9. The fourth-order valence-corrected chi connectivity index (χ4v) is 6.18. The molecule has 2 N–H and O–H groups in total. The van der Waals surface area contributed by atoms with E-state index in [-0.39, 0.29) is 16.7 Å². The van der Waals surface area contributed by atoms with E-state index in [0.29, 0.717) is 6.42 Å². The average Bonchev–Trinajstić information content (AvgIpc) is 2.93. The van der Waals surface area contributed by atoms with E-state index in [1.807, 2.05) is 0 Å². The van der Waals surface area contributed by atoms with Crippen LogP contribution >= 0.6 is 0 Å². The van der Waals surface area contributed by atoms with Crippen LogP contribution in [0.4, 0.5) is 0 Å². The molecule has 1 aliphatic rings. The summed E-state index contributed by atoms with van der Waals surface area (Å²) in [7, 11) is -4.73. The Hall–Kier alpha value is -1.31. The van der Waals surface area contributed by atoms with Gasteiger partial charge in [0.1, 0.15) is 17.8 Å². The summed E-state index contributed by atoms with van der Waals surface area (Å²) in [6.07, 6.45) is 1.22. The van der Waals surface area contributed by atoms with Gasteiger partial charge < -0.3 is 18.7 Å². The molecule has 1 saturated heterocycles. The van der Waals surface area contributed by atoms with Crippen molar-refractivity contribution in [1.82, 2.24) is 9.55 Å². The van der Waals surface area contributed by atoms with Crippen molar-refractivity contribution in [3.63, 3.8) is 0 Å². The Balaban J connectivity index is 2.75. The summed E-state index contributed by atoms with van der Waals surface area (Å²) in [6.45, 7) is 25.0. The van der Waals surface area contributed by atoms with Gasteiger partial charge in [-0.2, -0.15) is 0 Å². The predicted molar refractivity (Wildman–Crippen MR) is 140 cm³/mol. The van der Waals surface area contributed by atoms with E-state index < -0.39 is 51.9 Å². The topological polar surface area (TPSA) is 103 Å². The number of hydrogen-bond donors (Lipinski definition) is 2. The van der Waals surface area contributed by atoms with Crippen molar-refractivity contribution in [2.45, 2.75) is 108 Å². The van der Waals surface area contributed by atoms with E-state index in [9.17, 15) is 14.7 Å². The van der Waals surface area contributed by atoms with Gasteiger partial charge >= 0.3 is 5.69 Å². The lowest BCUT2D eigenvalue weighted by Gasteiger charge is -2.45. The van der Waals surface area contributed by atoms with E-state index >= 15 is 0 Å². The lowest BCUT2D eigenvalue weighted by molar-refractivity contribution is -0.124. The number of aliphatic hydroxyl groups excluding tert-OH is 1. The molecular weight excluding hydrogens is 468 g/mol. The molecule has 0 spiro atoms. The molecule has 0 aliphatic carbocycles. The van der Waals surface area contributed by atoms with E-state index in [0.717, 1.165) is 0 Å². The second-order valence-corrected chi connectivity index (χ2v) is 21.9. The van der Waals surface area contributed by atoms with Crippen molar-refractivity contribution in [2.75, 3.05) is 6.61 Å². The highest BCUT2D eigenvalue weighted by Gasteiger charge is 2.60. The number of nitrogens with one attached hydrogen (secondary N) is 1. The molecule has 1 fully saturated rings. The van der Waals surface area contributed by atoms with Gasteiger partial charge in [-0.25, -0.2) is 4.79 Å². The minimum atomic E-state index is -2.37. The summed E-state index contributed by atoms with van der Waals surface area (Å²) in [6, 6.07) is 1.28. The molecule has 2 rings (SSSR count). The molecule has 0 unspecified atom stereocenters. The third-order valence-corrected chi connectivity index (χ3v) is 16.7. The summed E-state index contributed by atoms with van der Waals surface area (Å²) < 4.78 is 21.7. The Morgan fingerprint density at radius 1 is 1.12 bits per heavy atom. The molecular formula is C24H44N2O6Si2. The van der Waals surface area contributed by atoms with Crippen LogP contribution in [0.2, 0.25) is 36.3 Å². The summed E-state index contributed by atoms with van der Waals surface area (Å²) >= 11 is 0. The van der Waals surface area contributed by atoms with Crippen molar-refractivity contribution in [3.05, 3.63) is 45.8 Å². The molecule has 194 valence electrons. The fourth-order valence-electron chi connectivity index (χ4n) is 3.57. The minimum Gasteiger partial charge on any atom is -0.408 e. The number of ether oxygens (including phenoxy) is 1. The number of aliphatic hydroxyl groups is 1. The SMILES string of the molecule is C=CC[C@]1(CO)O[C@@H](n2ccc(=O)[nH]c2=O)[C@H](O[Si](C)(C)C(C)(C)C)[C@@H]1O[Si](C)(C)C(C)(C)C. The lowest BCUT2D eigenvalue weighted by Crippen LogP contribution is -2.57. The van der Waals surface area contributed by atoms with Crippen molar-refractivity contribution in [1.29, 1.82) is 0 Å². The number of rotatable bonds is 8. The van der Waals surface area contributed by atoms with Gasteiger partial charge in [-0.05, 0) is 42.7 Å². The molecule has 4 atom stereocenters. The maximum Gasteiger partial charge on any atom is 0.330 e. The first-order valence-corrected chi connectivity index (χ1v) is 17.7. The monoisotopic (exact) mass is 512 g/mol. The van der Waals surface area contributed by atoms with Crippen LogP contribution in [0.5, 0.6) is 0 Å². The summed E-state index contributed by atoms with van der Waals surface area (Å²) in [5.74, 6) is 0. The zero-order chi connectivity index (χ0) is 26.3. The van der Waals surface area contributed by atoms with Gasteiger partial charge in [0.25, 0.3) is 5.56 Å². The van der Waals surface area contributed by atoms with Gasteiger partial charge in [-0.15, -0.1) is 6.58 Å². The Morgan fingerprint density at radius 3 is 2.09 bits per heavy atom. The second kappa shape index (κ2) is 9.63. The van der Waals surface area contributed by atoms with Crippen LogP contribution in [-0.2, 0) is 13.6 Å². The Labute approximate surface area is 205 Å². The van der Waals surface area contributed by atoms with Gasteiger partial charge in [0.05, 0.1) is 6.61 Å². The third-order valence-electron chi connectivity index (χ3n) is 7.80. The zero-order valence-electron chi connectivity index (χ0n) is 22.5. The van der Waals surface area contributed by atoms with Crippen molar-refractivity contribution < 1.29 is 18.7 Å². The van der Waals surface area contributed by atoms with Crippen LogP contribution in [0, 0.1) is 0 Å². The van der Waals surface area contributed by atoms with Crippen LogP contribution < -0.4 is 11.2 Å². The summed E-state index contributed by atoms with van der Waals surface area (Å²) in [5, 5.41) is 10.4. The van der Waals surface area contributed by atoms with Gasteiger partial charge in [-0.1, -0.05) is 47.6 Å². The highest BCUT2D eigenvalue weighted by atomic mass is 28.4. The summed E-state index contributed by atoms with van der Waals surface area (Å²) in [5.41, 5.74) is -2.24. The molecule has 8 nitrogen and oxygen atoms in total. The molecule has 1 aromatic heterocycles. The molecule has 0 amide bonds. The van der Waals surface area contributed by atoms with Crippen LogP contribution in [0.3, 0.4) is 0 Å². The fraction of sp³-hybridized carbons (Fsp3) is 0.750. The maximum absolute atomic E-state index is 12.8. The molecule has 34 heavy (non-hydrogen) atoms. The van der Waals surface area contributed by atoms with Crippen molar-refractivity contribution in [2.24, 2.45) is 0 Å². The molecule has 10 heteroatoms. The van der Waals surface area contributed by atoms with Gasteiger partial charge in [0, 0.05) is 12.3 Å². The highest BCUT2D eigenvalue weighted by molar-refractivity contribution is 6.74. The van der Waals surface area contributed by atoms with E-state index in [1.54, 1.807) is 6.08 Å². The molecule has 1 aliphatic heterocycles. The quantitative estimate of drug-likeness (QED) is 0.401. The normalized spacial score (nSPS) is 26.6. The molecule has 0 saturated carbocycles. The smallest absolute Gasteiger partial charge is 0.330 e. The highest BCUT2D eigenvalue weighted by Crippen LogP contribution is 2.49. The van der Waals surface area contributed by atoms with E-state index in [1.165, 1.54) is 16.8 Å². The maximum atomic E-state index is 12.8. The molecule has 0 bridgehead atoms. The number of aromatic nitrogens is 2. The first-order valence-electron chi connectivity index (χ1n) is 11.9. The molecule has 2 heterocycles. The molecule has 0 radical (unpaired) electrons. The van der Waals surface area contributed by atoms with Crippen molar-refractivity contribution in [3.8, 4) is 0 Å². The lowest BCUT2D eigenvalue weighted by atomic mass is 9.92. The van der Waals surface area contributed by atoms with Crippen molar-refractivity contribution >= 4 is 16.6 Å². The average molecular weight is 513 g/mol. The number of aromatic amines is 1. The van der Waals surface area contributed by atoms with Crippen LogP contribution in [-0.4, -0.2) is 55.7 Å². The van der Waals surface area contributed by atoms with Gasteiger partial charge in [0.2, 0.25) is 0 Å². The number of hydrogen-bond acceptors (Lipinski definition) is 6. The van der Waals surface area contributed by atoms with Crippen LogP contribution in [0.15, 0.2) is 34.5 Å². The van der Waals surface area contributed by atoms with Crippen LogP contribution in [0.1, 0.15) is 54.2 Å². The first-order chi connectivity index (χ1) is 15.3. The van der Waals surface area contributed by atoms with Gasteiger partial charge in [0.15, 0.2) is 22.9 Å². The molecule has 1 aromatic rings. The van der Waals surface area contributed by atoms with E-state index in [4.69, 9.17) is 13.6 Å². The third kappa shape index (κ3) is 5.57. The largest absolute Gasteiger partial charge is 0.408 e. The second-order valence-electron chi connectivity index (χ2n) is 12.4.